The number of imidazole rings is 1. The molecule has 0 radical (unpaired) electrons. The smallest absolute Gasteiger partial charge is 0.244 e. The maximum absolute atomic E-state index is 12.2. The molecule has 0 spiro atoms. The van der Waals surface area contributed by atoms with Crippen molar-refractivity contribution in [3.05, 3.63) is 52.9 Å². The highest BCUT2D eigenvalue weighted by Gasteiger charge is 2.09. The van der Waals surface area contributed by atoms with Crippen LogP contribution in [-0.2, 0) is 11.3 Å². The number of thiazole rings is 1. The van der Waals surface area contributed by atoms with E-state index in [0.29, 0.717) is 0 Å². The van der Waals surface area contributed by atoms with Gasteiger partial charge >= 0.3 is 0 Å². The average molecular weight is 326 g/mol. The zero-order chi connectivity index (χ0) is 16.4. The van der Waals surface area contributed by atoms with Crippen molar-refractivity contribution in [3.63, 3.8) is 0 Å². The van der Waals surface area contributed by atoms with Crippen LogP contribution in [0.3, 0.4) is 0 Å². The second-order valence-corrected chi connectivity index (χ2v) is 6.51. The lowest BCUT2D eigenvalue weighted by Gasteiger charge is -2.07. The van der Waals surface area contributed by atoms with Gasteiger partial charge in [0.2, 0.25) is 5.91 Å². The van der Waals surface area contributed by atoms with Crippen LogP contribution in [0, 0.1) is 20.8 Å². The van der Waals surface area contributed by atoms with Crippen molar-refractivity contribution in [2.24, 2.45) is 0 Å². The molecule has 0 aliphatic rings. The fourth-order valence-electron chi connectivity index (χ4n) is 2.44. The minimum absolute atomic E-state index is 0.0748. The Labute approximate surface area is 139 Å². The molecule has 6 heteroatoms. The van der Waals surface area contributed by atoms with Gasteiger partial charge in [-0.1, -0.05) is 6.07 Å². The first-order valence-electron chi connectivity index (χ1n) is 7.32. The molecule has 0 saturated carbocycles. The van der Waals surface area contributed by atoms with E-state index >= 15 is 0 Å². The lowest BCUT2D eigenvalue weighted by atomic mass is 10.1. The highest BCUT2D eigenvalue weighted by Crippen LogP contribution is 2.21. The Kier molecular flexibility index (Phi) is 4.25. The van der Waals surface area contributed by atoms with Gasteiger partial charge in [0, 0.05) is 23.0 Å². The van der Waals surface area contributed by atoms with Crippen molar-refractivity contribution < 1.29 is 4.79 Å². The number of anilines is 1. The number of amides is 1. The van der Waals surface area contributed by atoms with E-state index in [1.807, 2.05) is 44.5 Å². The zero-order valence-electron chi connectivity index (χ0n) is 13.3. The molecule has 0 atom stereocenters. The van der Waals surface area contributed by atoms with E-state index in [1.54, 1.807) is 22.2 Å². The highest BCUT2D eigenvalue weighted by atomic mass is 32.1. The molecule has 3 rings (SSSR count). The summed E-state index contributed by atoms with van der Waals surface area (Å²) in [5, 5.41) is 5.78. The van der Waals surface area contributed by atoms with Crippen LogP contribution < -0.4 is 5.32 Å². The minimum Gasteiger partial charge on any atom is -0.327 e. The molecule has 2 aromatic heterocycles. The number of nitrogens with zero attached hydrogens (tertiary/aromatic N) is 3. The van der Waals surface area contributed by atoms with Gasteiger partial charge in [-0.15, -0.1) is 11.3 Å². The van der Waals surface area contributed by atoms with E-state index in [9.17, 15) is 4.79 Å². The van der Waals surface area contributed by atoms with Crippen LogP contribution in [0.2, 0.25) is 0 Å². The van der Waals surface area contributed by atoms with Gasteiger partial charge in [0.1, 0.15) is 17.2 Å². The summed E-state index contributed by atoms with van der Waals surface area (Å²) in [4.78, 5) is 20.9. The van der Waals surface area contributed by atoms with E-state index in [-0.39, 0.29) is 12.5 Å². The van der Waals surface area contributed by atoms with Gasteiger partial charge in [-0.3, -0.25) is 4.79 Å². The van der Waals surface area contributed by atoms with Gasteiger partial charge in [0.15, 0.2) is 0 Å². The molecule has 0 aliphatic heterocycles. The summed E-state index contributed by atoms with van der Waals surface area (Å²) in [5.74, 6) is -0.0748. The maximum Gasteiger partial charge on any atom is 0.244 e. The van der Waals surface area contributed by atoms with E-state index in [0.717, 1.165) is 33.2 Å². The first-order valence-corrected chi connectivity index (χ1v) is 8.20. The molecular weight excluding hydrogens is 308 g/mol. The fraction of sp³-hybridized carbons (Fsp3) is 0.235. The molecule has 5 nitrogen and oxygen atoms in total. The van der Waals surface area contributed by atoms with Crippen molar-refractivity contribution in [2.75, 3.05) is 5.32 Å². The fourth-order valence-corrected chi connectivity index (χ4v) is 3.20. The number of benzene rings is 1. The summed E-state index contributed by atoms with van der Waals surface area (Å²) in [6, 6.07) is 6.00. The summed E-state index contributed by atoms with van der Waals surface area (Å²) in [6.07, 6.45) is 3.51. The Hall–Kier alpha value is -2.47. The molecule has 0 saturated heterocycles. The molecule has 0 aliphatic carbocycles. The number of carbonyl (C=O) groups is 1. The first kappa shape index (κ1) is 15.4. The average Bonchev–Trinajstić information content (AvgIpc) is 3.06. The first-order chi connectivity index (χ1) is 11.0. The van der Waals surface area contributed by atoms with Gasteiger partial charge in [-0.2, -0.15) is 0 Å². The monoisotopic (exact) mass is 326 g/mol. The zero-order valence-corrected chi connectivity index (χ0v) is 14.1. The molecule has 0 bridgehead atoms. The molecule has 3 aromatic rings. The van der Waals surface area contributed by atoms with Crippen LogP contribution in [0.5, 0.6) is 0 Å². The molecule has 0 unspecified atom stereocenters. The standard InChI is InChI=1S/C17H18N4OS/c1-11-4-12(2)6-14(5-11)20-16(22)8-21-7-15(18-10-21)17-19-13(3)9-23-17/h4-7,9-10H,8H2,1-3H3,(H,20,22). The van der Waals surface area contributed by atoms with E-state index < -0.39 is 0 Å². The summed E-state index contributed by atoms with van der Waals surface area (Å²) in [6.45, 7) is 6.21. The summed E-state index contributed by atoms with van der Waals surface area (Å²) in [5.41, 5.74) is 4.85. The Bertz CT molecular complexity index is 830. The molecule has 1 amide bonds. The number of hydrogen-bond acceptors (Lipinski definition) is 4. The van der Waals surface area contributed by atoms with Crippen molar-refractivity contribution in [1.29, 1.82) is 0 Å². The third-order valence-electron chi connectivity index (χ3n) is 3.30. The van der Waals surface area contributed by atoms with Crippen LogP contribution in [0.4, 0.5) is 5.69 Å². The SMILES string of the molecule is Cc1cc(C)cc(NC(=O)Cn2cnc(-c3nc(C)cs3)c2)c1. The quantitative estimate of drug-likeness (QED) is 0.797. The third kappa shape index (κ3) is 3.84. The highest BCUT2D eigenvalue weighted by molar-refractivity contribution is 7.13. The number of nitrogens with one attached hydrogen (secondary N) is 1. The molecule has 1 N–H and O–H groups in total. The van der Waals surface area contributed by atoms with Crippen LogP contribution in [0.25, 0.3) is 10.7 Å². The predicted octanol–water partition coefficient (Wildman–Crippen LogP) is 3.57. The largest absolute Gasteiger partial charge is 0.327 e. The summed E-state index contributed by atoms with van der Waals surface area (Å²) < 4.78 is 1.77. The van der Waals surface area contributed by atoms with E-state index in [2.05, 4.69) is 21.4 Å². The Morgan fingerprint density at radius 3 is 2.61 bits per heavy atom. The normalized spacial score (nSPS) is 10.7. The van der Waals surface area contributed by atoms with E-state index in [4.69, 9.17) is 0 Å². The molecular formula is C17H18N4OS. The number of aromatic nitrogens is 3. The van der Waals surface area contributed by atoms with Crippen LogP contribution >= 0.6 is 11.3 Å². The van der Waals surface area contributed by atoms with Crippen LogP contribution in [0.15, 0.2) is 36.1 Å². The summed E-state index contributed by atoms with van der Waals surface area (Å²) in [7, 11) is 0. The maximum atomic E-state index is 12.2. The van der Waals surface area contributed by atoms with Gasteiger partial charge in [-0.05, 0) is 44.0 Å². The second-order valence-electron chi connectivity index (χ2n) is 5.65. The molecule has 2 heterocycles. The molecule has 118 valence electrons. The number of rotatable bonds is 4. The molecule has 0 fully saturated rings. The number of aryl methyl sites for hydroxylation is 3. The molecule has 23 heavy (non-hydrogen) atoms. The topological polar surface area (TPSA) is 59.8 Å². The van der Waals surface area contributed by atoms with E-state index in [1.165, 1.54) is 0 Å². The number of hydrogen-bond donors (Lipinski definition) is 1. The third-order valence-corrected chi connectivity index (χ3v) is 4.29. The van der Waals surface area contributed by atoms with Crippen molar-refractivity contribution >= 4 is 22.9 Å². The van der Waals surface area contributed by atoms with Crippen molar-refractivity contribution in [3.8, 4) is 10.7 Å². The van der Waals surface area contributed by atoms with Crippen LogP contribution in [0.1, 0.15) is 16.8 Å². The lowest BCUT2D eigenvalue weighted by molar-refractivity contribution is -0.116. The van der Waals surface area contributed by atoms with Crippen molar-refractivity contribution in [1.82, 2.24) is 14.5 Å². The number of carbonyl (C=O) groups excluding carboxylic acids is 1. The van der Waals surface area contributed by atoms with Crippen LogP contribution in [-0.4, -0.2) is 20.4 Å². The second kappa shape index (κ2) is 6.34. The van der Waals surface area contributed by atoms with Gasteiger partial charge in [0.05, 0.1) is 6.33 Å². The minimum atomic E-state index is -0.0748. The van der Waals surface area contributed by atoms with Gasteiger partial charge in [0.25, 0.3) is 0 Å². The molecule has 1 aromatic carbocycles. The summed E-state index contributed by atoms with van der Waals surface area (Å²) >= 11 is 1.55. The lowest BCUT2D eigenvalue weighted by Crippen LogP contribution is -2.18. The Morgan fingerprint density at radius 2 is 1.96 bits per heavy atom. The predicted molar refractivity (Wildman–Crippen MR) is 92.6 cm³/mol. The van der Waals surface area contributed by atoms with Gasteiger partial charge < -0.3 is 9.88 Å². The van der Waals surface area contributed by atoms with Crippen molar-refractivity contribution in [2.45, 2.75) is 27.3 Å². The van der Waals surface area contributed by atoms with Gasteiger partial charge in [-0.25, -0.2) is 9.97 Å². The Balaban J connectivity index is 1.67. The Morgan fingerprint density at radius 1 is 1.22 bits per heavy atom.